The van der Waals surface area contributed by atoms with Gasteiger partial charge in [-0.2, -0.15) is 18.4 Å². The fraction of sp³-hybridized carbons (Fsp3) is 0.615. The second-order valence-corrected chi connectivity index (χ2v) is 4.96. The first-order valence-corrected chi connectivity index (χ1v) is 6.66. The number of nitrogens with zero attached hydrogens (tertiary/aromatic N) is 5. The van der Waals surface area contributed by atoms with Crippen LogP contribution >= 0.6 is 0 Å². The molecule has 0 aromatic carbocycles. The highest BCUT2D eigenvalue weighted by molar-refractivity contribution is 5.59. The number of hydrogen-bond donors (Lipinski definition) is 0. The Morgan fingerprint density at radius 1 is 1.24 bits per heavy atom. The predicted octanol–water partition coefficient (Wildman–Crippen LogP) is 1.73. The zero-order chi connectivity index (χ0) is 15.5. The molecule has 0 aliphatic carbocycles. The molecule has 1 aliphatic heterocycles. The summed E-state index contributed by atoms with van der Waals surface area (Å²) in [5.74, 6) is 0. The van der Waals surface area contributed by atoms with Crippen LogP contribution in [0.4, 0.5) is 18.9 Å². The van der Waals surface area contributed by atoms with Gasteiger partial charge in [0.05, 0.1) is 17.8 Å². The zero-order valence-corrected chi connectivity index (χ0v) is 11.7. The van der Waals surface area contributed by atoms with E-state index in [9.17, 15) is 13.2 Å². The smallest absolute Gasteiger partial charge is 0.365 e. The van der Waals surface area contributed by atoms with E-state index in [1.54, 1.807) is 11.8 Å². The molecule has 21 heavy (non-hydrogen) atoms. The lowest BCUT2D eigenvalue weighted by atomic mass is 10.2. The maximum absolute atomic E-state index is 12.2. The molecule has 1 saturated heterocycles. The first-order chi connectivity index (χ1) is 9.90. The summed E-state index contributed by atoms with van der Waals surface area (Å²) in [6, 6.07) is 2.03. The first-order valence-electron chi connectivity index (χ1n) is 6.66. The first kappa shape index (κ1) is 15.5. The molecule has 0 saturated carbocycles. The van der Waals surface area contributed by atoms with Gasteiger partial charge in [0.1, 0.15) is 12.4 Å². The second-order valence-electron chi connectivity index (χ2n) is 4.96. The van der Waals surface area contributed by atoms with E-state index >= 15 is 0 Å². The van der Waals surface area contributed by atoms with Crippen molar-refractivity contribution in [3.05, 3.63) is 17.7 Å². The van der Waals surface area contributed by atoms with Gasteiger partial charge in [0.15, 0.2) is 5.69 Å². The van der Waals surface area contributed by atoms with E-state index in [1.165, 1.54) is 6.33 Å². The molecule has 1 aliphatic rings. The van der Waals surface area contributed by atoms with E-state index < -0.39 is 12.6 Å². The molecule has 0 atom stereocenters. The van der Waals surface area contributed by atoms with Gasteiger partial charge in [-0.15, -0.1) is 0 Å². The summed E-state index contributed by atoms with van der Waals surface area (Å²) in [7, 11) is 0. The van der Waals surface area contributed by atoms with Crippen molar-refractivity contribution in [1.82, 2.24) is 14.9 Å². The van der Waals surface area contributed by atoms with Gasteiger partial charge in [-0.1, -0.05) is 0 Å². The Labute approximate surface area is 121 Å². The highest BCUT2D eigenvalue weighted by atomic mass is 19.4. The number of rotatable bonds is 3. The molecule has 2 heterocycles. The zero-order valence-electron chi connectivity index (χ0n) is 11.7. The minimum atomic E-state index is -4.12. The number of piperazine rings is 1. The molecule has 2 rings (SSSR count). The van der Waals surface area contributed by atoms with Crippen LogP contribution in [0.5, 0.6) is 0 Å². The maximum Gasteiger partial charge on any atom is 0.390 e. The molecule has 0 radical (unpaired) electrons. The van der Waals surface area contributed by atoms with E-state index in [0.717, 1.165) is 0 Å². The second kappa shape index (κ2) is 6.26. The van der Waals surface area contributed by atoms with Crippen molar-refractivity contribution in [2.24, 2.45) is 0 Å². The molecule has 114 valence electrons. The van der Waals surface area contributed by atoms with Crippen LogP contribution in [0.25, 0.3) is 0 Å². The molecule has 1 aromatic rings. The molecule has 0 amide bonds. The largest absolute Gasteiger partial charge is 0.390 e. The van der Waals surface area contributed by atoms with Crippen LogP contribution in [0, 0.1) is 18.3 Å². The summed E-state index contributed by atoms with van der Waals surface area (Å²) < 4.78 is 36.6. The maximum atomic E-state index is 12.2. The van der Waals surface area contributed by atoms with Crippen molar-refractivity contribution in [3.8, 4) is 6.07 Å². The Morgan fingerprint density at radius 2 is 1.90 bits per heavy atom. The van der Waals surface area contributed by atoms with Crippen LogP contribution < -0.4 is 4.90 Å². The number of anilines is 1. The van der Waals surface area contributed by atoms with Crippen LogP contribution in [0.2, 0.25) is 0 Å². The van der Waals surface area contributed by atoms with E-state index in [4.69, 9.17) is 5.26 Å². The number of nitriles is 1. The van der Waals surface area contributed by atoms with Crippen molar-refractivity contribution in [3.63, 3.8) is 0 Å². The van der Waals surface area contributed by atoms with Crippen LogP contribution in [-0.4, -0.2) is 53.8 Å². The topological polar surface area (TPSA) is 56.1 Å². The monoisotopic (exact) mass is 299 g/mol. The standard InChI is InChI=1S/C13H16F3N5/c1-10-12(11(8-17)19-9-18-10)21-6-4-20(5-7-21)3-2-13(14,15)16/h9H,2-7H2,1H3. The number of alkyl halides is 3. The summed E-state index contributed by atoms with van der Waals surface area (Å²) in [5.41, 5.74) is 1.71. The van der Waals surface area contributed by atoms with E-state index in [2.05, 4.69) is 9.97 Å². The molecule has 0 unspecified atom stereocenters. The summed E-state index contributed by atoms with van der Waals surface area (Å²) >= 11 is 0. The molecule has 8 heteroatoms. The minimum Gasteiger partial charge on any atom is -0.365 e. The molecule has 0 spiro atoms. The van der Waals surface area contributed by atoms with E-state index in [1.807, 2.05) is 11.0 Å². The average molecular weight is 299 g/mol. The summed E-state index contributed by atoms with van der Waals surface area (Å²) in [6.07, 6.45) is -3.56. The molecule has 0 N–H and O–H groups in total. The number of aromatic nitrogens is 2. The van der Waals surface area contributed by atoms with Crippen LogP contribution in [-0.2, 0) is 0 Å². The Kier molecular flexibility index (Phi) is 4.63. The molecule has 0 bridgehead atoms. The molecule has 1 aromatic heterocycles. The molecular weight excluding hydrogens is 283 g/mol. The fourth-order valence-corrected chi connectivity index (χ4v) is 2.41. The van der Waals surface area contributed by atoms with Gasteiger partial charge in [0.2, 0.25) is 0 Å². The Morgan fingerprint density at radius 3 is 2.48 bits per heavy atom. The normalized spacial score (nSPS) is 16.8. The van der Waals surface area contributed by atoms with Gasteiger partial charge in [-0.25, -0.2) is 9.97 Å². The third-order valence-electron chi connectivity index (χ3n) is 3.51. The Hall–Kier alpha value is -1.88. The number of aryl methyl sites for hydroxylation is 1. The SMILES string of the molecule is Cc1ncnc(C#N)c1N1CCN(CCC(F)(F)F)CC1. The van der Waals surface area contributed by atoms with Crippen molar-refractivity contribution >= 4 is 5.69 Å². The van der Waals surface area contributed by atoms with Crippen LogP contribution in [0.3, 0.4) is 0 Å². The number of hydrogen-bond acceptors (Lipinski definition) is 5. The molecule has 5 nitrogen and oxygen atoms in total. The summed E-state index contributed by atoms with van der Waals surface area (Å²) in [6.45, 7) is 4.03. The van der Waals surface area contributed by atoms with Crippen molar-refractivity contribution in [1.29, 1.82) is 5.26 Å². The third kappa shape index (κ3) is 4.04. The van der Waals surface area contributed by atoms with Gasteiger partial charge < -0.3 is 4.90 Å². The van der Waals surface area contributed by atoms with Crippen LogP contribution in [0.15, 0.2) is 6.33 Å². The highest BCUT2D eigenvalue weighted by Gasteiger charge is 2.29. The summed E-state index contributed by atoms with van der Waals surface area (Å²) in [5, 5.41) is 9.10. The molecule has 1 fully saturated rings. The van der Waals surface area contributed by atoms with Gasteiger partial charge in [-0.05, 0) is 6.92 Å². The predicted molar refractivity (Wildman–Crippen MR) is 70.8 cm³/mol. The lowest BCUT2D eigenvalue weighted by Crippen LogP contribution is -2.47. The lowest BCUT2D eigenvalue weighted by Gasteiger charge is -2.36. The van der Waals surface area contributed by atoms with Gasteiger partial charge in [-0.3, -0.25) is 4.90 Å². The summed E-state index contributed by atoms with van der Waals surface area (Å²) in [4.78, 5) is 11.8. The van der Waals surface area contributed by atoms with Gasteiger partial charge >= 0.3 is 6.18 Å². The Balaban J connectivity index is 1.97. The third-order valence-corrected chi connectivity index (χ3v) is 3.51. The van der Waals surface area contributed by atoms with Gasteiger partial charge in [0.25, 0.3) is 0 Å². The Bertz CT molecular complexity index is 530. The lowest BCUT2D eigenvalue weighted by molar-refractivity contribution is -0.138. The molecular formula is C13H16F3N5. The quantitative estimate of drug-likeness (QED) is 0.851. The van der Waals surface area contributed by atoms with Crippen molar-refractivity contribution in [2.75, 3.05) is 37.6 Å². The minimum absolute atomic E-state index is 0.0206. The van der Waals surface area contributed by atoms with Crippen molar-refractivity contribution in [2.45, 2.75) is 19.5 Å². The van der Waals surface area contributed by atoms with Gasteiger partial charge in [0, 0.05) is 32.7 Å². The van der Waals surface area contributed by atoms with E-state index in [-0.39, 0.29) is 6.54 Å². The fourth-order valence-electron chi connectivity index (χ4n) is 2.41. The number of halogens is 3. The highest BCUT2D eigenvalue weighted by Crippen LogP contribution is 2.24. The average Bonchev–Trinajstić information content (AvgIpc) is 2.45. The van der Waals surface area contributed by atoms with E-state index in [0.29, 0.717) is 43.3 Å². The van der Waals surface area contributed by atoms with Crippen molar-refractivity contribution < 1.29 is 13.2 Å². The van der Waals surface area contributed by atoms with Crippen LogP contribution in [0.1, 0.15) is 17.8 Å².